The molecule has 0 radical (unpaired) electrons. The lowest BCUT2D eigenvalue weighted by Gasteiger charge is -2.32. The number of hydrogen-bond acceptors (Lipinski definition) is 8. The van der Waals surface area contributed by atoms with Crippen LogP contribution in [0, 0.1) is 11.8 Å². The van der Waals surface area contributed by atoms with E-state index in [1.807, 2.05) is 50.2 Å². The van der Waals surface area contributed by atoms with Gasteiger partial charge in [-0.1, -0.05) is 36.8 Å². The summed E-state index contributed by atoms with van der Waals surface area (Å²) in [7, 11) is 0. The summed E-state index contributed by atoms with van der Waals surface area (Å²) in [5.41, 5.74) is 3.37. The fraction of sp³-hybridized carbons (Fsp3) is 0.412. The molecule has 2 aliphatic heterocycles. The SMILES string of the molecule is CC1(C)OCc2cc([C@@H]3CN(CCCCCCOCCC#Cc4cccc(NC(=O)Nc5ccncn5)c4)C(=O)O3)ccc2O1. The van der Waals surface area contributed by atoms with E-state index in [-0.39, 0.29) is 12.2 Å². The molecule has 5 rings (SSSR count). The molecule has 1 saturated heterocycles. The summed E-state index contributed by atoms with van der Waals surface area (Å²) in [5.74, 6) is 6.82. The van der Waals surface area contributed by atoms with Gasteiger partial charge in [0.2, 0.25) is 5.79 Å². The van der Waals surface area contributed by atoms with Crippen LogP contribution < -0.4 is 15.4 Å². The zero-order valence-corrected chi connectivity index (χ0v) is 25.7. The van der Waals surface area contributed by atoms with Crippen LogP contribution in [-0.4, -0.2) is 59.1 Å². The Balaban J connectivity index is 0.915. The Bertz CT molecular complexity index is 1520. The molecule has 11 nitrogen and oxygen atoms in total. The van der Waals surface area contributed by atoms with Crippen molar-refractivity contribution in [1.82, 2.24) is 14.9 Å². The number of nitrogens with one attached hydrogen (secondary N) is 2. The van der Waals surface area contributed by atoms with Gasteiger partial charge in [-0.15, -0.1) is 0 Å². The number of aromatic nitrogens is 2. The largest absolute Gasteiger partial charge is 0.463 e. The minimum atomic E-state index is -0.637. The van der Waals surface area contributed by atoms with Crippen molar-refractivity contribution in [1.29, 1.82) is 0 Å². The molecule has 2 aromatic carbocycles. The molecule has 0 aliphatic carbocycles. The van der Waals surface area contributed by atoms with Crippen molar-refractivity contribution >= 4 is 23.6 Å². The lowest BCUT2D eigenvalue weighted by molar-refractivity contribution is -0.180. The third kappa shape index (κ3) is 9.66. The van der Waals surface area contributed by atoms with E-state index >= 15 is 0 Å². The highest BCUT2D eigenvalue weighted by Crippen LogP contribution is 2.35. The third-order valence-corrected chi connectivity index (χ3v) is 7.29. The molecule has 3 amide bonds. The van der Waals surface area contributed by atoms with Crippen LogP contribution in [-0.2, 0) is 20.8 Å². The standard InChI is InChI=1S/C34H39N5O6/c1-34(2)43-23-27-21-26(13-14-29(27)45-34)30-22-39(33(41)44-30)17-6-3-4-7-18-42-19-8-5-10-25-11-9-12-28(20-25)37-32(40)38-31-15-16-35-24-36-31/h9,11-16,20-21,24,30H,3-4,6-8,17-19,22-23H2,1-2H3,(H2,35,36,37,38,40)/t30-/m0/s1. The highest BCUT2D eigenvalue weighted by molar-refractivity contribution is 5.99. The van der Waals surface area contributed by atoms with Gasteiger partial charge in [-0.05, 0) is 54.8 Å². The van der Waals surface area contributed by atoms with Crippen LogP contribution in [0.4, 0.5) is 21.1 Å². The van der Waals surface area contributed by atoms with Crippen LogP contribution in [0.1, 0.15) is 68.7 Å². The van der Waals surface area contributed by atoms with Gasteiger partial charge in [-0.25, -0.2) is 19.6 Å². The first-order chi connectivity index (χ1) is 21.8. The number of urea groups is 1. The maximum Gasteiger partial charge on any atom is 0.410 e. The summed E-state index contributed by atoms with van der Waals surface area (Å²) in [4.78, 5) is 34.2. The minimum absolute atomic E-state index is 0.261. The van der Waals surface area contributed by atoms with Crippen molar-refractivity contribution < 1.29 is 28.5 Å². The summed E-state index contributed by atoms with van der Waals surface area (Å²) >= 11 is 0. The summed E-state index contributed by atoms with van der Waals surface area (Å²) in [6.45, 7) is 6.73. The average molecular weight is 614 g/mol. The minimum Gasteiger partial charge on any atom is -0.463 e. The van der Waals surface area contributed by atoms with Crippen molar-refractivity contribution in [2.75, 3.05) is 36.9 Å². The molecule has 2 N–H and O–H groups in total. The first-order valence-corrected chi connectivity index (χ1v) is 15.3. The fourth-order valence-corrected chi connectivity index (χ4v) is 4.99. The van der Waals surface area contributed by atoms with Crippen LogP contribution in [0.2, 0.25) is 0 Å². The predicted molar refractivity (Wildman–Crippen MR) is 169 cm³/mol. The first kappa shape index (κ1) is 31.8. The van der Waals surface area contributed by atoms with Crippen molar-refractivity contribution in [3.8, 4) is 17.6 Å². The highest BCUT2D eigenvalue weighted by atomic mass is 16.7. The number of cyclic esters (lactones) is 1. The fourth-order valence-electron chi connectivity index (χ4n) is 4.99. The van der Waals surface area contributed by atoms with Gasteiger partial charge in [0.25, 0.3) is 0 Å². The Hall–Kier alpha value is -4.66. The van der Waals surface area contributed by atoms with Crippen LogP contribution in [0.3, 0.4) is 0 Å². The number of carbonyl (C=O) groups is 2. The van der Waals surface area contributed by atoms with Crippen molar-refractivity contribution in [2.45, 2.75) is 64.4 Å². The van der Waals surface area contributed by atoms with E-state index in [0.29, 0.717) is 50.8 Å². The number of unbranched alkanes of at least 4 members (excludes halogenated alkanes) is 3. The Morgan fingerprint density at radius 3 is 2.84 bits per heavy atom. The molecule has 45 heavy (non-hydrogen) atoms. The van der Waals surface area contributed by atoms with E-state index in [1.54, 1.807) is 23.2 Å². The lowest BCUT2D eigenvalue weighted by Crippen LogP contribution is -2.35. The van der Waals surface area contributed by atoms with Gasteiger partial charge < -0.3 is 29.2 Å². The van der Waals surface area contributed by atoms with Crippen molar-refractivity contribution in [2.24, 2.45) is 0 Å². The monoisotopic (exact) mass is 613 g/mol. The second-order valence-electron chi connectivity index (χ2n) is 11.3. The summed E-state index contributed by atoms with van der Waals surface area (Å²) in [5, 5.41) is 5.42. The number of ether oxygens (including phenoxy) is 4. The molecule has 1 atom stereocenters. The summed E-state index contributed by atoms with van der Waals surface area (Å²) in [6.07, 6.45) is 6.93. The smallest absolute Gasteiger partial charge is 0.410 e. The van der Waals surface area contributed by atoms with Gasteiger partial charge in [0.15, 0.2) is 0 Å². The van der Waals surface area contributed by atoms with Gasteiger partial charge in [0, 0.05) is 56.4 Å². The van der Waals surface area contributed by atoms with Gasteiger partial charge in [-0.3, -0.25) is 5.32 Å². The van der Waals surface area contributed by atoms with E-state index in [0.717, 1.165) is 48.1 Å². The highest BCUT2D eigenvalue weighted by Gasteiger charge is 2.33. The molecule has 0 spiro atoms. The number of amides is 3. The number of nitrogens with zero attached hydrogens (tertiary/aromatic N) is 3. The van der Waals surface area contributed by atoms with Crippen LogP contribution >= 0.6 is 0 Å². The first-order valence-electron chi connectivity index (χ1n) is 15.3. The van der Waals surface area contributed by atoms with Gasteiger partial charge in [0.05, 0.1) is 19.8 Å². The Labute approximate surface area is 263 Å². The van der Waals surface area contributed by atoms with Crippen LogP contribution in [0.5, 0.6) is 5.75 Å². The second-order valence-corrected chi connectivity index (χ2v) is 11.3. The topological polar surface area (TPSA) is 124 Å². The van der Waals surface area contributed by atoms with E-state index in [2.05, 4.69) is 32.4 Å². The van der Waals surface area contributed by atoms with Crippen molar-refractivity contribution in [3.63, 3.8) is 0 Å². The molecule has 236 valence electrons. The molecule has 0 bridgehead atoms. The van der Waals surface area contributed by atoms with Gasteiger partial charge in [0.1, 0.15) is 24.0 Å². The second kappa shape index (κ2) is 15.4. The molecular weight excluding hydrogens is 574 g/mol. The average Bonchev–Trinajstić information content (AvgIpc) is 3.39. The molecule has 1 fully saturated rings. The molecule has 1 aromatic heterocycles. The summed E-state index contributed by atoms with van der Waals surface area (Å²) < 4.78 is 23.0. The zero-order valence-electron chi connectivity index (χ0n) is 25.7. The van der Waals surface area contributed by atoms with E-state index in [1.165, 1.54) is 6.33 Å². The quantitative estimate of drug-likeness (QED) is 0.181. The molecule has 0 unspecified atom stereocenters. The number of hydrogen-bond donors (Lipinski definition) is 2. The van der Waals surface area contributed by atoms with Gasteiger partial charge in [-0.2, -0.15) is 0 Å². The Kier molecular flexibility index (Phi) is 10.8. The normalized spacial score (nSPS) is 16.5. The van der Waals surface area contributed by atoms with Gasteiger partial charge >= 0.3 is 12.1 Å². The summed E-state index contributed by atoms with van der Waals surface area (Å²) in [6, 6.07) is 14.5. The number of rotatable bonds is 12. The number of anilines is 2. The molecule has 0 saturated carbocycles. The van der Waals surface area contributed by atoms with E-state index in [9.17, 15) is 9.59 Å². The molecule has 11 heteroatoms. The van der Waals surface area contributed by atoms with E-state index < -0.39 is 11.8 Å². The third-order valence-electron chi connectivity index (χ3n) is 7.29. The predicted octanol–water partition coefficient (Wildman–Crippen LogP) is 6.28. The number of carbonyl (C=O) groups excluding carboxylic acids is 2. The molecule has 3 aromatic rings. The molecule has 3 heterocycles. The maximum absolute atomic E-state index is 12.4. The maximum atomic E-state index is 12.4. The lowest BCUT2D eigenvalue weighted by atomic mass is 10.0. The van der Waals surface area contributed by atoms with Crippen LogP contribution in [0.25, 0.3) is 0 Å². The van der Waals surface area contributed by atoms with Crippen LogP contribution in [0.15, 0.2) is 61.1 Å². The molecule has 2 aliphatic rings. The van der Waals surface area contributed by atoms with Crippen molar-refractivity contribution in [3.05, 3.63) is 77.7 Å². The molecular formula is C34H39N5O6. The number of benzene rings is 2. The Morgan fingerprint density at radius 2 is 1.98 bits per heavy atom. The van der Waals surface area contributed by atoms with E-state index in [4.69, 9.17) is 18.9 Å². The number of fused-ring (bicyclic) bond motifs is 1. The zero-order chi connectivity index (χ0) is 31.5. The Morgan fingerprint density at radius 1 is 1.09 bits per heavy atom.